The minimum atomic E-state index is -0.767. The fraction of sp³-hybridized carbons (Fsp3) is 0. The summed E-state index contributed by atoms with van der Waals surface area (Å²) in [4.78, 5) is 13.8. The van der Waals surface area contributed by atoms with Gasteiger partial charge < -0.3 is 10.3 Å². The van der Waals surface area contributed by atoms with Gasteiger partial charge in [-0.05, 0) is 30.3 Å². The summed E-state index contributed by atoms with van der Waals surface area (Å²) in [5, 5.41) is 3.88. The summed E-state index contributed by atoms with van der Waals surface area (Å²) in [7, 11) is 0. The van der Waals surface area contributed by atoms with Gasteiger partial charge in [0.2, 0.25) is 0 Å². The van der Waals surface area contributed by atoms with Gasteiger partial charge >= 0.3 is 0 Å². The molecule has 0 atom stereocenters. The van der Waals surface area contributed by atoms with Gasteiger partial charge in [-0.15, -0.1) is 0 Å². The van der Waals surface area contributed by atoms with E-state index in [1.54, 1.807) is 12.1 Å². The van der Waals surface area contributed by atoms with Crippen LogP contribution in [0.3, 0.4) is 0 Å². The molecule has 0 unspecified atom stereocenters. The number of anilines is 2. The maximum atomic E-state index is 13.1. The number of fused-ring (bicyclic) bond motifs is 1. The summed E-state index contributed by atoms with van der Waals surface area (Å²) in [6.07, 6.45) is 0. The zero-order valence-electron chi connectivity index (χ0n) is 9.98. The number of benzene rings is 2. The minimum absolute atomic E-state index is 0.604. The van der Waals surface area contributed by atoms with Gasteiger partial charge in [0, 0.05) is 16.8 Å². The van der Waals surface area contributed by atoms with Crippen LogP contribution >= 0.6 is 0 Å². The van der Waals surface area contributed by atoms with E-state index in [2.05, 4.69) is 10.3 Å². The van der Waals surface area contributed by atoms with Crippen molar-refractivity contribution >= 4 is 22.3 Å². The molecule has 0 aliphatic heterocycles. The first-order valence-corrected chi connectivity index (χ1v) is 5.87. The molecule has 0 saturated heterocycles. The largest absolute Gasteiger partial charge is 0.355 e. The summed E-state index contributed by atoms with van der Waals surface area (Å²) in [5.41, 5.74) is 1.68. The Kier molecular flexibility index (Phi) is 2.76. The van der Waals surface area contributed by atoms with Gasteiger partial charge in [0.1, 0.15) is 0 Å². The molecule has 1 heterocycles. The van der Waals surface area contributed by atoms with Crippen molar-refractivity contribution < 1.29 is 4.39 Å². The highest BCUT2D eigenvalue weighted by molar-refractivity contribution is 5.83. The van der Waals surface area contributed by atoms with Crippen LogP contribution in [0.4, 0.5) is 15.8 Å². The number of nitrogens with one attached hydrogen (secondary N) is 2. The lowest BCUT2D eigenvalue weighted by Gasteiger charge is -2.07. The monoisotopic (exact) mass is 254 g/mol. The van der Waals surface area contributed by atoms with Gasteiger partial charge in [0.05, 0.1) is 5.52 Å². The van der Waals surface area contributed by atoms with Crippen LogP contribution in [-0.2, 0) is 0 Å². The Balaban J connectivity index is 2.02. The molecule has 3 rings (SSSR count). The summed E-state index contributed by atoms with van der Waals surface area (Å²) >= 11 is 0. The van der Waals surface area contributed by atoms with E-state index in [0.717, 1.165) is 11.4 Å². The van der Waals surface area contributed by atoms with Gasteiger partial charge in [-0.25, -0.2) is 4.39 Å². The summed E-state index contributed by atoms with van der Waals surface area (Å²) in [6.45, 7) is 0. The highest BCUT2D eigenvalue weighted by atomic mass is 19.1. The molecule has 0 bridgehead atoms. The van der Waals surface area contributed by atoms with Crippen LogP contribution < -0.4 is 10.9 Å². The normalized spacial score (nSPS) is 10.6. The molecule has 0 amide bonds. The molecule has 3 nitrogen and oxygen atoms in total. The molecule has 0 spiro atoms. The average molecular weight is 254 g/mol. The Bertz CT molecular complexity index is 781. The summed E-state index contributed by atoms with van der Waals surface area (Å²) in [6, 6.07) is 16.3. The third-order valence-corrected chi connectivity index (χ3v) is 2.86. The van der Waals surface area contributed by atoms with Crippen molar-refractivity contribution in [2.24, 2.45) is 0 Å². The van der Waals surface area contributed by atoms with Crippen molar-refractivity contribution in [2.45, 2.75) is 0 Å². The predicted octanol–water partition coefficient (Wildman–Crippen LogP) is 3.41. The Hall–Kier alpha value is -2.62. The third kappa shape index (κ3) is 2.33. The number of halogens is 1. The molecule has 0 aliphatic rings. The Labute approximate surface area is 108 Å². The molecule has 4 heteroatoms. The maximum Gasteiger partial charge on any atom is 0.284 e. The van der Waals surface area contributed by atoms with E-state index < -0.39 is 11.4 Å². The van der Waals surface area contributed by atoms with Crippen molar-refractivity contribution in [3.63, 3.8) is 0 Å². The molecule has 0 aliphatic carbocycles. The molecule has 3 aromatic rings. The van der Waals surface area contributed by atoms with E-state index in [1.165, 1.54) is 6.07 Å². The lowest BCUT2D eigenvalue weighted by Crippen LogP contribution is -2.09. The Morgan fingerprint density at radius 2 is 1.74 bits per heavy atom. The van der Waals surface area contributed by atoms with Gasteiger partial charge in [-0.1, -0.05) is 24.3 Å². The lowest BCUT2D eigenvalue weighted by atomic mass is 10.2. The van der Waals surface area contributed by atoms with E-state index in [9.17, 15) is 9.18 Å². The number of rotatable bonds is 2. The number of hydrogen-bond acceptors (Lipinski definition) is 2. The maximum absolute atomic E-state index is 13.1. The standard InChI is InChI=1S/C15H11FN2O/c16-13-8-10-6-7-12(9-14(10)18-15(13)19)17-11-4-2-1-3-5-11/h1-9,17H,(H,18,19). The summed E-state index contributed by atoms with van der Waals surface area (Å²) in [5.74, 6) is -0.767. The van der Waals surface area contributed by atoms with Crippen molar-refractivity contribution in [1.29, 1.82) is 0 Å². The number of aromatic amines is 1. The van der Waals surface area contributed by atoms with Gasteiger partial charge in [-0.3, -0.25) is 4.79 Å². The van der Waals surface area contributed by atoms with Crippen LogP contribution in [0.25, 0.3) is 10.9 Å². The molecule has 19 heavy (non-hydrogen) atoms. The fourth-order valence-corrected chi connectivity index (χ4v) is 1.94. The number of hydrogen-bond donors (Lipinski definition) is 2. The van der Waals surface area contributed by atoms with E-state index in [1.807, 2.05) is 36.4 Å². The first kappa shape index (κ1) is 11.5. The van der Waals surface area contributed by atoms with Crippen molar-refractivity contribution in [1.82, 2.24) is 4.98 Å². The van der Waals surface area contributed by atoms with Crippen LogP contribution in [0.2, 0.25) is 0 Å². The number of H-pyrrole nitrogens is 1. The molecular weight excluding hydrogens is 243 g/mol. The van der Waals surface area contributed by atoms with E-state index >= 15 is 0 Å². The minimum Gasteiger partial charge on any atom is -0.355 e. The van der Waals surface area contributed by atoms with Crippen molar-refractivity contribution in [3.05, 3.63) is 70.8 Å². The Morgan fingerprint density at radius 1 is 0.947 bits per heavy atom. The average Bonchev–Trinajstić information content (AvgIpc) is 2.42. The third-order valence-electron chi connectivity index (χ3n) is 2.86. The molecule has 94 valence electrons. The zero-order valence-corrected chi connectivity index (χ0v) is 9.98. The second-order valence-electron chi connectivity index (χ2n) is 4.24. The molecule has 0 fully saturated rings. The second kappa shape index (κ2) is 4.57. The van der Waals surface area contributed by atoms with Gasteiger partial charge in [0.25, 0.3) is 5.56 Å². The van der Waals surface area contributed by atoms with E-state index in [0.29, 0.717) is 10.9 Å². The van der Waals surface area contributed by atoms with Crippen LogP contribution in [0.15, 0.2) is 59.4 Å². The number of aromatic nitrogens is 1. The van der Waals surface area contributed by atoms with E-state index in [4.69, 9.17) is 0 Å². The molecule has 1 aromatic heterocycles. The van der Waals surface area contributed by atoms with Gasteiger partial charge in [0.15, 0.2) is 5.82 Å². The quantitative estimate of drug-likeness (QED) is 0.736. The van der Waals surface area contributed by atoms with Crippen LogP contribution in [0.1, 0.15) is 0 Å². The van der Waals surface area contributed by atoms with Crippen molar-refractivity contribution in [3.8, 4) is 0 Å². The molecule has 0 saturated carbocycles. The van der Waals surface area contributed by atoms with Crippen LogP contribution in [0, 0.1) is 5.82 Å². The highest BCUT2D eigenvalue weighted by Crippen LogP contribution is 2.20. The lowest BCUT2D eigenvalue weighted by molar-refractivity contribution is 0.612. The second-order valence-corrected chi connectivity index (χ2v) is 4.24. The molecular formula is C15H11FN2O. The first-order chi connectivity index (χ1) is 9.22. The number of pyridine rings is 1. The highest BCUT2D eigenvalue weighted by Gasteiger charge is 2.02. The van der Waals surface area contributed by atoms with Crippen LogP contribution in [-0.4, -0.2) is 4.98 Å². The summed E-state index contributed by atoms with van der Waals surface area (Å²) < 4.78 is 13.1. The zero-order chi connectivity index (χ0) is 13.2. The first-order valence-electron chi connectivity index (χ1n) is 5.87. The SMILES string of the molecule is O=c1[nH]c2cc(Nc3ccccc3)ccc2cc1F. The number of para-hydroxylation sites is 1. The topological polar surface area (TPSA) is 44.9 Å². The molecule has 2 aromatic carbocycles. The van der Waals surface area contributed by atoms with Gasteiger partial charge in [-0.2, -0.15) is 0 Å². The van der Waals surface area contributed by atoms with Crippen molar-refractivity contribution in [2.75, 3.05) is 5.32 Å². The van der Waals surface area contributed by atoms with E-state index in [-0.39, 0.29) is 0 Å². The van der Waals surface area contributed by atoms with Crippen LogP contribution in [0.5, 0.6) is 0 Å². The Morgan fingerprint density at radius 3 is 2.53 bits per heavy atom. The fourth-order valence-electron chi connectivity index (χ4n) is 1.94. The molecule has 0 radical (unpaired) electrons. The molecule has 2 N–H and O–H groups in total. The smallest absolute Gasteiger partial charge is 0.284 e. The predicted molar refractivity (Wildman–Crippen MR) is 74.3 cm³/mol.